The first kappa shape index (κ1) is 20.8. The van der Waals surface area contributed by atoms with E-state index in [1.165, 1.54) is 29.3 Å². The molecule has 0 bridgehead atoms. The third-order valence-electron chi connectivity index (χ3n) is 4.15. The summed E-state index contributed by atoms with van der Waals surface area (Å²) in [6, 6.07) is 0. The van der Waals surface area contributed by atoms with Gasteiger partial charge in [-0.15, -0.1) is 17.9 Å². The van der Waals surface area contributed by atoms with Crippen LogP contribution in [0.3, 0.4) is 0 Å². The Balaban J connectivity index is 1.91. The fraction of sp³-hybridized carbons (Fsp3) is 0.368. The number of nitrogens with zero attached hydrogens (tertiary/aromatic N) is 2. The van der Waals surface area contributed by atoms with Gasteiger partial charge in [0.2, 0.25) is 0 Å². The van der Waals surface area contributed by atoms with Crippen LogP contribution in [0.25, 0.3) is 0 Å². The molecule has 0 saturated heterocycles. The van der Waals surface area contributed by atoms with E-state index in [9.17, 15) is 9.59 Å². The lowest BCUT2D eigenvalue weighted by Gasteiger charge is -2.12. The summed E-state index contributed by atoms with van der Waals surface area (Å²) in [6.07, 6.45) is 6.94. The predicted octanol–water partition coefficient (Wildman–Crippen LogP) is 4.78. The maximum absolute atomic E-state index is 12.8. The van der Waals surface area contributed by atoms with Crippen molar-refractivity contribution in [3.8, 4) is 0 Å². The molecule has 28 heavy (non-hydrogen) atoms. The van der Waals surface area contributed by atoms with Crippen LogP contribution in [-0.2, 0) is 17.6 Å². The Labute approximate surface area is 176 Å². The van der Waals surface area contributed by atoms with Gasteiger partial charge in [0.1, 0.15) is 5.00 Å². The molecule has 0 atom stereocenters. The second kappa shape index (κ2) is 9.54. The number of nitrogens with one attached hydrogen (secondary N) is 1. The minimum absolute atomic E-state index is 0.0735. The van der Waals surface area contributed by atoms with Crippen molar-refractivity contribution in [2.24, 2.45) is 0 Å². The van der Waals surface area contributed by atoms with Gasteiger partial charge in [-0.25, -0.2) is 14.8 Å². The normalized spacial score (nSPS) is 12.9. The number of hydrogen-bond acceptors (Lipinski definition) is 7. The van der Waals surface area contributed by atoms with Crippen LogP contribution in [0.15, 0.2) is 24.0 Å². The number of esters is 1. The van der Waals surface area contributed by atoms with Crippen molar-refractivity contribution in [3.63, 3.8) is 0 Å². The van der Waals surface area contributed by atoms with Gasteiger partial charge < -0.3 is 10.1 Å². The van der Waals surface area contributed by atoms with E-state index in [0.29, 0.717) is 21.5 Å². The molecule has 1 amide bonds. The van der Waals surface area contributed by atoms with Crippen molar-refractivity contribution in [1.82, 2.24) is 9.97 Å². The molecule has 1 N–H and O–H groups in total. The molecular weight excluding hydrogens is 418 g/mol. The smallest absolute Gasteiger partial charge is 0.341 e. The molecule has 0 unspecified atom stereocenters. The molecule has 2 aromatic heterocycles. The number of ether oxygens (including phenoxy) is 1. The number of anilines is 1. The maximum atomic E-state index is 12.8. The third kappa shape index (κ3) is 4.56. The van der Waals surface area contributed by atoms with Crippen molar-refractivity contribution in [3.05, 3.63) is 45.6 Å². The Hall–Kier alpha value is -1.90. The van der Waals surface area contributed by atoms with Crippen molar-refractivity contribution in [2.45, 2.75) is 37.8 Å². The number of thiophene rings is 1. The van der Waals surface area contributed by atoms with Crippen LogP contribution >= 0.6 is 34.7 Å². The molecule has 9 heteroatoms. The zero-order valence-electron chi connectivity index (χ0n) is 15.4. The van der Waals surface area contributed by atoms with Gasteiger partial charge in [0, 0.05) is 10.6 Å². The monoisotopic (exact) mass is 437 g/mol. The molecule has 0 spiro atoms. The molecule has 0 radical (unpaired) electrons. The van der Waals surface area contributed by atoms with E-state index in [1.54, 1.807) is 13.0 Å². The van der Waals surface area contributed by atoms with Gasteiger partial charge in [-0.1, -0.05) is 29.4 Å². The lowest BCUT2D eigenvalue weighted by atomic mass is 9.95. The van der Waals surface area contributed by atoms with Crippen LogP contribution in [0.5, 0.6) is 0 Å². The summed E-state index contributed by atoms with van der Waals surface area (Å²) in [7, 11) is 0. The fourth-order valence-corrected chi connectivity index (χ4v) is 4.95. The van der Waals surface area contributed by atoms with Crippen LogP contribution in [0.1, 0.15) is 51.1 Å². The Morgan fingerprint density at radius 1 is 1.43 bits per heavy atom. The molecule has 1 aliphatic carbocycles. The average molecular weight is 438 g/mol. The van der Waals surface area contributed by atoms with Gasteiger partial charge in [0.25, 0.3) is 5.91 Å². The third-order valence-corrected chi connectivity index (χ3v) is 6.49. The summed E-state index contributed by atoms with van der Waals surface area (Å²) in [4.78, 5) is 34.9. The molecular formula is C19H20ClN3O3S2. The van der Waals surface area contributed by atoms with Gasteiger partial charge in [-0.2, -0.15) is 0 Å². The number of rotatable bonds is 7. The number of carbonyl (C=O) groups is 2. The second-order valence-corrected chi connectivity index (χ2v) is 8.54. The highest BCUT2D eigenvalue weighted by molar-refractivity contribution is 7.99. The van der Waals surface area contributed by atoms with E-state index in [1.807, 2.05) is 0 Å². The molecule has 148 valence electrons. The molecule has 2 heterocycles. The van der Waals surface area contributed by atoms with Crippen LogP contribution in [0, 0.1) is 0 Å². The summed E-state index contributed by atoms with van der Waals surface area (Å²) >= 11 is 8.92. The van der Waals surface area contributed by atoms with Crippen molar-refractivity contribution in [2.75, 3.05) is 17.7 Å². The van der Waals surface area contributed by atoms with Gasteiger partial charge in [0.15, 0.2) is 10.9 Å². The van der Waals surface area contributed by atoms with E-state index >= 15 is 0 Å². The van der Waals surface area contributed by atoms with Crippen LogP contribution in [0.2, 0.25) is 5.02 Å². The lowest BCUT2D eigenvalue weighted by molar-refractivity contribution is 0.0526. The number of halogens is 1. The number of aryl methyl sites for hydroxylation is 1. The first-order chi connectivity index (χ1) is 13.5. The van der Waals surface area contributed by atoms with E-state index in [-0.39, 0.29) is 17.3 Å². The number of thioether (sulfide) groups is 1. The number of hydrogen-bond donors (Lipinski definition) is 1. The zero-order chi connectivity index (χ0) is 20.1. The minimum atomic E-state index is -0.475. The van der Waals surface area contributed by atoms with Crippen molar-refractivity contribution in [1.29, 1.82) is 0 Å². The first-order valence-corrected chi connectivity index (χ1v) is 11.1. The molecule has 0 aromatic carbocycles. The molecule has 0 fully saturated rings. The Morgan fingerprint density at radius 3 is 2.96 bits per heavy atom. The zero-order valence-corrected chi connectivity index (χ0v) is 17.8. The summed E-state index contributed by atoms with van der Waals surface area (Å²) in [6.45, 7) is 5.69. The predicted molar refractivity (Wildman–Crippen MR) is 113 cm³/mol. The molecule has 6 nitrogen and oxygen atoms in total. The molecule has 3 rings (SSSR count). The number of aromatic nitrogens is 2. The van der Waals surface area contributed by atoms with Crippen molar-refractivity contribution >= 4 is 51.6 Å². The highest BCUT2D eigenvalue weighted by Crippen LogP contribution is 2.39. The summed E-state index contributed by atoms with van der Waals surface area (Å²) in [5.74, 6) is -0.266. The Kier molecular flexibility index (Phi) is 7.09. The Morgan fingerprint density at radius 2 is 2.21 bits per heavy atom. The van der Waals surface area contributed by atoms with E-state index < -0.39 is 11.9 Å². The van der Waals surface area contributed by atoms with Crippen LogP contribution in [0.4, 0.5) is 5.00 Å². The largest absolute Gasteiger partial charge is 0.462 e. The molecule has 0 saturated carbocycles. The van der Waals surface area contributed by atoms with E-state index in [2.05, 4.69) is 21.9 Å². The summed E-state index contributed by atoms with van der Waals surface area (Å²) in [5, 5.41) is 3.90. The van der Waals surface area contributed by atoms with Gasteiger partial charge in [0.05, 0.1) is 23.4 Å². The van der Waals surface area contributed by atoms with Gasteiger partial charge in [-0.3, -0.25) is 4.79 Å². The van der Waals surface area contributed by atoms with Gasteiger partial charge >= 0.3 is 5.97 Å². The highest BCUT2D eigenvalue weighted by Gasteiger charge is 2.28. The topological polar surface area (TPSA) is 81.2 Å². The molecule has 1 aliphatic rings. The quantitative estimate of drug-likeness (QED) is 0.290. The lowest BCUT2D eigenvalue weighted by Crippen LogP contribution is -2.17. The summed E-state index contributed by atoms with van der Waals surface area (Å²) < 4.78 is 5.22. The van der Waals surface area contributed by atoms with E-state index in [4.69, 9.17) is 16.3 Å². The number of carbonyl (C=O) groups excluding carboxylic acids is 2. The molecule has 0 aliphatic heterocycles. The van der Waals surface area contributed by atoms with Crippen LogP contribution in [-0.4, -0.2) is 34.2 Å². The number of amides is 1. The summed E-state index contributed by atoms with van der Waals surface area (Å²) in [5.41, 5.74) is 1.52. The Bertz CT molecular complexity index is 914. The van der Waals surface area contributed by atoms with Crippen LogP contribution < -0.4 is 5.32 Å². The number of fused-ring (bicyclic) bond motifs is 1. The van der Waals surface area contributed by atoms with E-state index in [0.717, 1.165) is 36.1 Å². The first-order valence-electron chi connectivity index (χ1n) is 8.94. The second-order valence-electron chi connectivity index (χ2n) is 6.04. The fourth-order valence-electron chi connectivity index (χ4n) is 2.95. The highest BCUT2D eigenvalue weighted by atomic mass is 35.5. The molecule has 2 aromatic rings. The average Bonchev–Trinajstić information content (AvgIpc) is 3.05. The minimum Gasteiger partial charge on any atom is -0.462 e. The van der Waals surface area contributed by atoms with Gasteiger partial charge in [-0.05, 0) is 38.2 Å². The standard InChI is InChI=1S/C19H20ClN3O3S2/c1-3-9-27-19-21-10-12(20)15(22-19)16(24)23-17-14(18(25)26-4-2)11-7-5-6-8-13(11)28-17/h3,10H,1,4-9H2,2H3,(H,23,24). The van der Waals surface area contributed by atoms with Crippen molar-refractivity contribution < 1.29 is 14.3 Å². The maximum Gasteiger partial charge on any atom is 0.341 e. The SMILES string of the molecule is C=CCSc1ncc(Cl)c(C(=O)Nc2sc3c(c2C(=O)OCC)CCCC3)n1.